The van der Waals surface area contributed by atoms with Crippen LogP contribution >= 0.6 is 11.6 Å². The molecule has 7 nitrogen and oxygen atoms in total. The molecule has 0 amide bonds. The number of H-pyrrole nitrogens is 1. The van der Waals surface area contributed by atoms with Crippen molar-refractivity contribution in [1.29, 1.82) is 0 Å². The smallest absolute Gasteiger partial charge is 0.335 e. The summed E-state index contributed by atoms with van der Waals surface area (Å²) in [6.07, 6.45) is 10.4. The van der Waals surface area contributed by atoms with Crippen molar-refractivity contribution in [3.05, 3.63) is 53.3 Å². The number of carbonyl (C=O) groups excluding carboxylic acids is 1. The molecule has 31 heavy (non-hydrogen) atoms. The molecule has 1 aliphatic rings. The molecule has 0 saturated heterocycles. The fourth-order valence-electron chi connectivity index (χ4n) is 4.10. The van der Waals surface area contributed by atoms with Crippen molar-refractivity contribution in [3.63, 3.8) is 0 Å². The van der Waals surface area contributed by atoms with Gasteiger partial charge in [-0.25, -0.2) is 24.1 Å². The van der Waals surface area contributed by atoms with Gasteiger partial charge in [-0.05, 0) is 32.3 Å². The third-order valence-corrected chi connectivity index (χ3v) is 5.72. The number of aromatic nitrogens is 5. The molecular formula is C22H19ClFN5O2. The van der Waals surface area contributed by atoms with Crippen LogP contribution in [0.2, 0.25) is 5.02 Å². The van der Waals surface area contributed by atoms with Gasteiger partial charge in [-0.1, -0.05) is 17.7 Å². The second-order valence-electron chi connectivity index (χ2n) is 7.39. The van der Waals surface area contributed by atoms with E-state index in [1.54, 1.807) is 30.0 Å². The summed E-state index contributed by atoms with van der Waals surface area (Å²) in [5, 5.41) is 1.57. The van der Waals surface area contributed by atoms with E-state index in [2.05, 4.69) is 19.9 Å². The van der Waals surface area contributed by atoms with E-state index < -0.39 is 5.82 Å². The van der Waals surface area contributed by atoms with Gasteiger partial charge in [-0.2, -0.15) is 0 Å². The number of allylic oxidation sites excluding steroid dienone is 1. The number of nitrogens with zero attached hydrogens (tertiary/aromatic N) is 4. The lowest BCUT2D eigenvalue weighted by molar-refractivity contribution is -0.139. The maximum absolute atomic E-state index is 14.7. The first-order chi connectivity index (χ1) is 15.1. The Bertz CT molecular complexity index is 1340. The molecule has 0 fully saturated rings. The van der Waals surface area contributed by atoms with Crippen LogP contribution in [0.3, 0.4) is 0 Å². The van der Waals surface area contributed by atoms with Crippen molar-refractivity contribution in [2.24, 2.45) is 0 Å². The summed E-state index contributed by atoms with van der Waals surface area (Å²) in [7, 11) is 0. The molecular weight excluding hydrogens is 421 g/mol. The molecule has 4 aromatic heterocycles. The molecule has 158 valence electrons. The molecule has 0 spiro atoms. The van der Waals surface area contributed by atoms with Gasteiger partial charge in [0.15, 0.2) is 11.6 Å². The van der Waals surface area contributed by atoms with Crippen LogP contribution in [0.25, 0.3) is 33.5 Å². The zero-order valence-electron chi connectivity index (χ0n) is 16.7. The normalized spacial score (nSPS) is 16.6. The standard InChI is InChI=1S/C22H19ClFN5O2/c1-2-31-22(30)13-5-3-4-6-18(13)29-11-17(24)16-10-27-20(28-21(16)29)15-9-26-19-14(15)7-12(23)8-25-19/h5,7-11,18H,2-4,6H2,1H3,(H,25,26). The van der Waals surface area contributed by atoms with Crippen LogP contribution in [0.15, 0.2) is 42.5 Å². The predicted molar refractivity (Wildman–Crippen MR) is 115 cm³/mol. The maximum Gasteiger partial charge on any atom is 0.335 e. The Morgan fingerprint density at radius 1 is 1.35 bits per heavy atom. The van der Waals surface area contributed by atoms with Gasteiger partial charge in [0, 0.05) is 35.7 Å². The lowest BCUT2D eigenvalue weighted by Gasteiger charge is -2.25. The Morgan fingerprint density at radius 2 is 2.23 bits per heavy atom. The number of pyridine rings is 1. The number of carbonyl (C=O) groups is 1. The SMILES string of the molecule is CCOC(=O)C1=CCCCC1n1cc(F)c2cnc(-c3c[nH]c4ncc(Cl)cc34)nc21. The Morgan fingerprint density at radius 3 is 3.06 bits per heavy atom. The molecule has 0 bridgehead atoms. The molecule has 0 radical (unpaired) electrons. The van der Waals surface area contributed by atoms with Crippen molar-refractivity contribution in [2.75, 3.05) is 6.61 Å². The van der Waals surface area contributed by atoms with Gasteiger partial charge in [-0.3, -0.25) is 0 Å². The number of halogens is 2. The van der Waals surface area contributed by atoms with Crippen molar-refractivity contribution in [1.82, 2.24) is 24.5 Å². The maximum atomic E-state index is 14.7. The predicted octanol–water partition coefficient (Wildman–Crippen LogP) is 4.98. The summed E-state index contributed by atoms with van der Waals surface area (Å²) >= 11 is 6.11. The van der Waals surface area contributed by atoms with Crippen molar-refractivity contribution in [3.8, 4) is 11.4 Å². The van der Waals surface area contributed by atoms with E-state index >= 15 is 0 Å². The summed E-state index contributed by atoms with van der Waals surface area (Å²) in [5.74, 6) is -0.389. The molecule has 9 heteroatoms. The Kier molecular flexibility index (Phi) is 4.94. The van der Waals surface area contributed by atoms with Crippen LogP contribution in [0.1, 0.15) is 32.2 Å². The lowest BCUT2D eigenvalue weighted by Crippen LogP contribution is -2.22. The third kappa shape index (κ3) is 3.37. The highest BCUT2D eigenvalue weighted by molar-refractivity contribution is 6.31. The van der Waals surface area contributed by atoms with E-state index in [0.29, 0.717) is 45.1 Å². The molecule has 1 aliphatic carbocycles. The van der Waals surface area contributed by atoms with Crippen molar-refractivity contribution >= 4 is 39.6 Å². The lowest BCUT2D eigenvalue weighted by atomic mass is 9.94. The van der Waals surface area contributed by atoms with Gasteiger partial charge in [0.2, 0.25) is 0 Å². The number of aromatic amines is 1. The largest absolute Gasteiger partial charge is 0.463 e. The molecule has 1 unspecified atom stereocenters. The molecule has 0 aromatic carbocycles. The van der Waals surface area contributed by atoms with E-state index in [-0.39, 0.29) is 18.6 Å². The number of esters is 1. The van der Waals surface area contributed by atoms with Crippen LogP contribution < -0.4 is 0 Å². The van der Waals surface area contributed by atoms with Gasteiger partial charge in [0.05, 0.1) is 28.6 Å². The molecule has 0 saturated carbocycles. The van der Waals surface area contributed by atoms with E-state index in [9.17, 15) is 9.18 Å². The topological polar surface area (TPSA) is 85.7 Å². The van der Waals surface area contributed by atoms with Crippen LogP contribution in [-0.2, 0) is 9.53 Å². The molecule has 1 N–H and O–H groups in total. The summed E-state index contributed by atoms with van der Waals surface area (Å²) in [6.45, 7) is 2.05. The van der Waals surface area contributed by atoms with E-state index in [4.69, 9.17) is 16.3 Å². The average molecular weight is 440 g/mol. The molecule has 1 atom stereocenters. The zero-order chi connectivity index (χ0) is 21.5. The molecule has 4 aromatic rings. The summed E-state index contributed by atoms with van der Waals surface area (Å²) < 4.78 is 21.7. The van der Waals surface area contributed by atoms with Gasteiger partial charge < -0.3 is 14.3 Å². The van der Waals surface area contributed by atoms with Crippen molar-refractivity contribution in [2.45, 2.75) is 32.2 Å². The number of rotatable bonds is 4. The summed E-state index contributed by atoms with van der Waals surface area (Å²) in [5.41, 5.74) is 2.33. The van der Waals surface area contributed by atoms with Crippen LogP contribution in [0.5, 0.6) is 0 Å². The molecule has 0 aliphatic heterocycles. The minimum Gasteiger partial charge on any atom is -0.463 e. The minimum absolute atomic E-state index is 0.285. The van der Waals surface area contributed by atoms with Gasteiger partial charge >= 0.3 is 5.97 Å². The Hall–Kier alpha value is -3.26. The number of hydrogen-bond donors (Lipinski definition) is 1. The number of ether oxygens (including phenoxy) is 1. The van der Waals surface area contributed by atoms with Crippen LogP contribution in [0.4, 0.5) is 4.39 Å². The van der Waals surface area contributed by atoms with Gasteiger partial charge in [-0.15, -0.1) is 0 Å². The second-order valence-corrected chi connectivity index (χ2v) is 7.83. The minimum atomic E-state index is -0.432. The van der Waals surface area contributed by atoms with Crippen molar-refractivity contribution < 1.29 is 13.9 Å². The first-order valence-electron chi connectivity index (χ1n) is 10.1. The molecule has 5 rings (SSSR count). The highest BCUT2D eigenvalue weighted by Crippen LogP contribution is 2.35. The summed E-state index contributed by atoms with van der Waals surface area (Å²) in [6, 6.07) is 1.44. The van der Waals surface area contributed by atoms with Crippen LogP contribution in [-0.4, -0.2) is 37.1 Å². The van der Waals surface area contributed by atoms with E-state index in [1.807, 2.05) is 6.08 Å². The first kappa shape index (κ1) is 19.7. The number of fused-ring (bicyclic) bond motifs is 2. The van der Waals surface area contributed by atoms with Crippen LogP contribution in [0, 0.1) is 5.82 Å². The fourth-order valence-corrected chi connectivity index (χ4v) is 4.26. The second kappa shape index (κ2) is 7.77. The van der Waals surface area contributed by atoms with E-state index in [0.717, 1.165) is 18.2 Å². The highest BCUT2D eigenvalue weighted by atomic mass is 35.5. The third-order valence-electron chi connectivity index (χ3n) is 5.51. The number of nitrogens with one attached hydrogen (secondary N) is 1. The first-order valence-corrected chi connectivity index (χ1v) is 10.5. The fraction of sp³-hybridized carbons (Fsp3) is 0.273. The summed E-state index contributed by atoms with van der Waals surface area (Å²) in [4.78, 5) is 28.9. The molecule has 4 heterocycles. The average Bonchev–Trinajstić information content (AvgIpc) is 3.34. The number of hydrogen-bond acceptors (Lipinski definition) is 5. The Balaban J connectivity index is 1.65. The highest BCUT2D eigenvalue weighted by Gasteiger charge is 2.28. The quantitative estimate of drug-likeness (QED) is 0.453. The van der Waals surface area contributed by atoms with Gasteiger partial charge in [0.25, 0.3) is 0 Å². The Labute approximate surface area is 181 Å². The monoisotopic (exact) mass is 439 g/mol. The zero-order valence-corrected chi connectivity index (χ0v) is 17.5. The van der Waals surface area contributed by atoms with E-state index in [1.165, 1.54) is 12.4 Å². The van der Waals surface area contributed by atoms with Gasteiger partial charge in [0.1, 0.15) is 11.3 Å².